The van der Waals surface area contributed by atoms with E-state index < -0.39 is 0 Å². The van der Waals surface area contributed by atoms with Gasteiger partial charge in [-0.15, -0.1) is 0 Å². The summed E-state index contributed by atoms with van der Waals surface area (Å²) in [5, 5.41) is 8.76. The quantitative estimate of drug-likeness (QED) is 0.589. The molecule has 1 fully saturated rings. The predicted molar refractivity (Wildman–Crippen MR) is 38.5 cm³/mol. The van der Waals surface area contributed by atoms with Gasteiger partial charge in [-0.1, -0.05) is 0 Å². The molecule has 1 amide bonds. The summed E-state index contributed by atoms with van der Waals surface area (Å²) in [7, 11) is 0. The number of amides is 1. The minimum absolute atomic E-state index is 0.127. The molecular formula is C6H8N4O2. The number of nitrogens with zero attached hydrogens (tertiary/aromatic N) is 2. The summed E-state index contributed by atoms with van der Waals surface area (Å²) >= 11 is 0. The van der Waals surface area contributed by atoms with E-state index in [4.69, 9.17) is 4.74 Å². The largest absolute Gasteiger partial charge is 0.377 e. The van der Waals surface area contributed by atoms with Crippen LogP contribution in [0, 0.1) is 0 Å². The normalized spacial score (nSPS) is 17.0. The molecule has 0 aliphatic carbocycles. The number of rotatable bonds is 2. The van der Waals surface area contributed by atoms with Crippen molar-refractivity contribution in [2.45, 2.75) is 6.04 Å². The molecule has 0 unspecified atom stereocenters. The first-order valence-electron chi connectivity index (χ1n) is 3.60. The van der Waals surface area contributed by atoms with Crippen molar-refractivity contribution < 1.29 is 9.53 Å². The Labute approximate surface area is 68.3 Å². The minimum Gasteiger partial charge on any atom is -0.377 e. The van der Waals surface area contributed by atoms with Gasteiger partial charge in [-0.3, -0.25) is 9.89 Å². The fraction of sp³-hybridized carbons (Fsp3) is 0.500. The lowest BCUT2D eigenvalue weighted by molar-refractivity contribution is -0.00363. The number of carbonyl (C=O) groups is 1. The van der Waals surface area contributed by atoms with E-state index in [1.165, 1.54) is 6.33 Å². The zero-order valence-electron chi connectivity index (χ0n) is 6.28. The molecule has 0 atom stereocenters. The van der Waals surface area contributed by atoms with Gasteiger partial charge in [0.2, 0.25) is 5.82 Å². The first-order valence-corrected chi connectivity index (χ1v) is 3.60. The average Bonchev–Trinajstić information content (AvgIpc) is 2.47. The van der Waals surface area contributed by atoms with Gasteiger partial charge in [-0.25, -0.2) is 4.98 Å². The smallest absolute Gasteiger partial charge is 0.288 e. The summed E-state index contributed by atoms with van der Waals surface area (Å²) in [6, 6.07) is 0.127. The Balaban J connectivity index is 1.92. The van der Waals surface area contributed by atoms with Crippen LogP contribution in [0.1, 0.15) is 10.6 Å². The van der Waals surface area contributed by atoms with E-state index >= 15 is 0 Å². The van der Waals surface area contributed by atoms with Gasteiger partial charge in [0.25, 0.3) is 5.91 Å². The summed E-state index contributed by atoms with van der Waals surface area (Å²) in [5.41, 5.74) is 0. The maximum Gasteiger partial charge on any atom is 0.288 e. The number of ether oxygens (including phenoxy) is 1. The van der Waals surface area contributed by atoms with Crippen molar-refractivity contribution in [3.63, 3.8) is 0 Å². The Kier molecular flexibility index (Phi) is 1.75. The van der Waals surface area contributed by atoms with Gasteiger partial charge in [0.05, 0.1) is 19.3 Å². The Bertz CT molecular complexity index is 267. The third-order valence-corrected chi connectivity index (χ3v) is 1.60. The van der Waals surface area contributed by atoms with Crippen molar-refractivity contribution in [1.82, 2.24) is 20.5 Å². The van der Waals surface area contributed by atoms with Gasteiger partial charge in [-0.2, -0.15) is 5.10 Å². The molecule has 0 bridgehead atoms. The summed E-state index contributed by atoms with van der Waals surface area (Å²) in [4.78, 5) is 14.9. The fourth-order valence-electron chi connectivity index (χ4n) is 0.888. The molecule has 0 radical (unpaired) electrons. The zero-order chi connectivity index (χ0) is 8.39. The van der Waals surface area contributed by atoms with E-state index in [-0.39, 0.29) is 17.8 Å². The summed E-state index contributed by atoms with van der Waals surface area (Å²) < 4.78 is 4.89. The zero-order valence-corrected chi connectivity index (χ0v) is 6.28. The van der Waals surface area contributed by atoms with Crippen molar-refractivity contribution in [3.8, 4) is 0 Å². The van der Waals surface area contributed by atoms with Crippen molar-refractivity contribution in [2.24, 2.45) is 0 Å². The van der Waals surface area contributed by atoms with Crippen LogP contribution in [0.15, 0.2) is 6.33 Å². The molecule has 1 aliphatic heterocycles. The van der Waals surface area contributed by atoms with Gasteiger partial charge in [0, 0.05) is 0 Å². The molecule has 1 aromatic heterocycles. The van der Waals surface area contributed by atoms with Crippen LogP contribution >= 0.6 is 0 Å². The molecule has 1 aliphatic rings. The van der Waals surface area contributed by atoms with Crippen molar-refractivity contribution in [3.05, 3.63) is 12.2 Å². The van der Waals surface area contributed by atoms with Crippen LogP contribution in [0.3, 0.4) is 0 Å². The lowest BCUT2D eigenvalue weighted by atomic mass is 10.2. The first-order chi connectivity index (χ1) is 5.86. The summed E-state index contributed by atoms with van der Waals surface area (Å²) in [5.74, 6) is 0.00250. The standard InChI is InChI=1S/C6H8N4O2/c11-6(5-7-3-8-10-5)9-4-1-12-2-4/h3-4H,1-2H2,(H,9,11)(H,7,8,10). The number of carbonyl (C=O) groups excluding carboxylic acids is 1. The van der Waals surface area contributed by atoms with E-state index in [0.717, 1.165) is 0 Å². The van der Waals surface area contributed by atoms with Gasteiger partial charge in [0.1, 0.15) is 6.33 Å². The van der Waals surface area contributed by atoms with Crippen LogP contribution in [0.5, 0.6) is 0 Å². The number of hydrogen-bond acceptors (Lipinski definition) is 4. The van der Waals surface area contributed by atoms with Gasteiger partial charge in [0.15, 0.2) is 0 Å². The molecule has 0 aromatic carbocycles. The molecular weight excluding hydrogens is 160 g/mol. The second-order valence-corrected chi connectivity index (χ2v) is 2.54. The van der Waals surface area contributed by atoms with Crippen LogP contribution in [-0.4, -0.2) is 40.3 Å². The van der Waals surface area contributed by atoms with Crippen molar-refractivity contribution in [2.75, 3.05) is 13.2 Å². The molecule has 1 aromatic rings. The average molecular weight is 168 g/mol. The number of hydrogen-bond donors (Lipinski definition) is 2. The molecule has 0 spiro atoms. The molecule has 0 saturated carbocycles. The molecule has 6 nitrogen and oxygen atoms in total. The summed E-state index contributed by atoms with van der Waals surface area (Å²) in [6.07, 6.45) is 1.30. The van der Waals surface area contributed by atoms with E-state index in [1.54, 1.807) is 0 Å². The van der Waals surface area contributed by atoms with E-state index in [2.05, 4.69) is 20.5 Å². The topological polar surface area (TPSA) is 79.9 Å². The monoisotopic (exact) mass is 168 g/mol. The van der Waals surface area contributed by atoms with E-state index in [0.29, 0.717) is 13.2 Å². The molecule has 2 heterocycles. The van der Waals surface area contributed by atoms with Crippen LogP contribution in [0.2, 0.25) is 0 Å². The van der Waals surface area contributed by atoms with Crippen LogP contribution in [-0.2, 0) is 4.74 Å². The predicted octanol–water partition coefficient (Wildman–Crippen LogP) is -1.07. The van der Waals surface area contributed by atoms with Gasteiger partial charge >= 0.3 is 0 Å². The lowest BCUT2D eigenvalue weighted by Crippen LogP contribution is -2.48. The van der Waals surface area contributed by atoms with Crippen molar-refractivity contribution >= 4 is 5.91 Å². The highest BCUT2D eigenvalue weighted by atomic mass is 16.5. The maximum absolute atomic E-state index is 11.2. The highest BCUT2D eigenvalue weighted by molar-refractivity contribution is 5.90. The van der Waals surface area contributed by atoms with Gasteiger partial charge in [-0.05, 0) is 0 Å². The first kappa shape index (κ1) is 7.23. The minimum atomic E-state index is -0.235. The molecule has 64 valence electrons. The molecule has 12 heavy (non-hydrogen) atoms. The molecule has 1 saturated heterocycles. The Morgan fingerprint density at radius 3 is 3.08 bits per heavy atom. The number of nitrogens with one attached hydrogen (secondary N) is 2. The molecule has 6 heteroatoms. The van der Waals surface area contributed by atoms with Crippen LogP contribution in [0.4, 0.5) is 0 Å². The summed E-state index contributed by atoms with van der Waals surface area (Å²) in [6.45, 7) is 1.17. The van der Waals surface area contributed by atoms with E-state index in [9.17, 15) is 4.79 Å². The highest BCUT2D eigenvalue weighted by Gasteiger charge is 2.21. The number of H-pyrrole nitrogens is 1. The Morgan fingerprint density at radius 1 is 1.75 bits per heavy atom. The second kappa shape index (κ2) is 2.90. The molecule has 2 rings (SSSR count). The fourth-order valence-corrected chi connectivity index (χ4v) is 0.888. The number of aromatic amines is 1. The maximum atomic E-state index is 11.2. The molecule has 2 N–H and O–H groups in total. The Morgan fingerprint density at radius 2 is 2.58 bits per heavy atom. The number of aromatic nitrogens is 3. The van der Waals surface area contributed by atoms with E-state index in [1.807, 2.05) is 0 Å². The third kappa shape index (κ3) is 1.28. The van der Waals surface area contributed by atoms with Crippen LogP contribution < -0.4 is 5.32 Å². The lowest BCUT2D eigenvalue weighted by Gasteiger charge is -2.26. The highest BCUT2D eigenvalue weighted by Crippen LogP contribution is 2.00. The third-order valence-electron chi connectivity index (χ3n) is 1.60. The SMILES string of the molecule is O=C(NC1COC1)c1ncn[nH]1. The van der Waals surface area contributed by atoms with Gasteiger partial charge < -0.3 is 10.1 Å². The second-order valence-electron chi connectivity index (χ2n) is 2.54. The van der Waals surface area contributed by atoms with Crippen molar-refractivity contribution in [1.29, 1.82) is 0 Å². The Hall–Kier alpha value is -1.43. The van der Waals surface area contributed by atoms with Crippen LogP contribution in [0.25, 0.3) is 0 Å².